The van der Waals surface area contributed by atoms with Gasteiger partial charge in [0.2, 0.25) is 0 Å². The lowest BCUT2D eigenvalue weighted by Crippen LogP contribution is -2.09. The SMILES string of the molecule is Nc1cnc(NCc2cccc(F)c2)c(C(=O)O)c1. The molecule has 0 aliphatic heterocycles. The van der Waals surface area contributed by atoms with Crippen LogP contribution in [0.5, 0.6) is 0 Å². The first-order valence-corrected chi connectivity index (χ1v) is 5.53. The van der Waals surface area contributed by atoms with Gasteiger partial charge in [0.15, 0.2) is 0 Å². The highest BCUT2D eigenvalue weighted by atomic mass is 19.1. The average molecular weight is 261 g/mol. The number of nitrogens with one attached hydrogen (secondary N) is 1. The molecular formula is C13H12FN3O2. The summed E-state index contributed by atoms with van der Waals surface area (Å²) in [4.78, 5) is 15.0. The Morgan fingerprint density at radius 1 is 1.42 bits per heavy atom. The van der Waals surface area contributed by atoms with Crippen LogP contribution in [-0.4, -0.2) is 16.1 Å². The van der Waals surface area contributed by atoms with Crippen molar-refractivity contribution >= 4 is 17.5 Å². The van der Waals surface area contributed by atoms with Crippen LogP contribution in [0.4, 0.5) is 15.9 Å². The van der Waals surface area contributed by atoms with Crippen molar-refractivity contribution in [3.8, 4) is 0 Å². The van der Waals surface area contributed by atoms with E-state index in [1.54, 1.807) is 12.1 Å². The van der Waals surface area contributed by atoms with Crippen molar-refractivity contribution in [1.29, 1.82) is 0 Å². The molecule has 1 aromatic carbocycles. The van der Waals surface area contributed by atoms with E-state index >= 15 is 0 Å². The highest BCUT2D eigenvalue weighted by Crippen LogP contribution is 2.16. The highest BCUT2D eigenvalue weighted by Gasteiger charge is 2.11. The molecule has 0 unspecified atom stereocenters. The maximum Gasteiger partial charge on any atom is 0.339 e. The van der Waals surface area contributed by atoms with E-state index in [-0.39, 0.29) is 29.4 Å². The van der Waals surface area contributed by atoms with Gasteiger partial charge >= 0.3 is 5.97 Å². The summed E-state index contributed by atoms with van der Waals surface area (Å²) in [7, 11) is 0. The molecule has 0 fully saturated rings. The molecule has 2 rings (SSSR count). The lowest BCUT2D eigenvalue weighted by Gasteiger charge is -2.09. The Morgan fingerprint density at radius 2 is 2.21 bits per heavy atom. The number of hydrogen-bond donors (Lipinski definition) is 3. The second kappa shape index (κ2) is 5.34. The summed E-state index contributed by atoms with van der Waals surface area (Å²) in [6.07, 6.45) is 1.36. The number of aromatic carboxylic acids is 1. The number of nitrogen functional groups attached to an aromatic ring is 1. The molecule has 0 amide bonds. The molecule has 0 bridgehead atoms. The minimum absolute atomic E-state index is 0.0172. The standard InChI is InChI=1S/C13H12FN3O2/c14-9-3-1-2-8(4-9)6-16-12-11(13(18)19)5-10(15)7-17-12/h1-5,7H,6,15H2,(H,16,17)(H,18,19). The monoisotopic (exact) mass is 261 g/mol. The third-order valence-electron chi connectivity index (χ3n) is 2.49. The van der Waals surface area contributed by atoms with E-state index in [9.17, 15) is 9.18 Å². The number of halogens is 1. The molecule has 1 aromatic heterocycles. The molecular weight excluding hydrogens is 249 g/mol. The fourth-order valence-electron chi connectivity index (χ4n) is 1.62. The molecule has 98 valence electrons. The van der Waals surface area contributed by atoms with Gasteiger partial charge in [-0.05, 0) is 23.8 Å². The van der Waals surface area contributed by atoms with Gasteiger partial charge in [-0.1, -0.05) is 12.1 Å². The van der Waals surface area contributed by atoms with Gasteiger partial charge in [-0.2, -0.15) is 0 Å². The molecule has 0 saturated heterocycles. The number of carboxylic acids is 1. The zero-order valence-corrected chi connectivity index (χ0v) is 9.93. The molecule has 0 aliphatic carbocycles. The zero-order chi connectivity index (χ0) is 13.8. The number of carbonyl (C=O) groups is 1. The van der Waals surface area contributed by atoms with Crippen LogP contribution in [0.3, 0.4) is 0 Å². The number of pyridine rings is 1. The summed E-state index contributed by atoms with van der Waals surface area (Å²) in [5, 5.41) is 11.9. The van der Waals surface area contributed by atoms with Gasteiger partial charge < -0.3 is 16.2 Å². The number of carboxylic acid groups (broad SMARTS) is 1. The topological polar surface area (TPSA) is 88.2 Å². The molecule has 0 aliphatic rings. The second-order valence-corrected chi connectivity index (χ2v) is 3.95. The van der Waals surface area contributed by atoms with Crippen molar-refractivity contribution in [3.05, 3.63) is 53.5 Å². The van der Waals surface area contributed by atoms with Gasteiger partial charge in [0.1, 0.15) is 17.2 Å². The second-order valence-electron chi connectivity index (χ2n) is 3.95. The van der Waals surface area contributed by atoms with Crippen LogP contribution in [-0.2, 0) is 6.54 Å². The third kappa shape index (κ3) is 3.19. The number of hydrogen-bond acceptors (Lipinski definition) is 4. The number of rotatable bonds is 4. The van der Waals surface area contributed by atoms with E-state index in [2.05, 4.69) is 10.3 Å². The molecule has 1 heterocycles. The number of nitrogens with zero attached hydrogens (tertiary/aromatic N) is 1. The first kappa shape index (κ1) is 12.8. The Morgan fingerprint density at radius 3 is 2.89 bits per heavy atom. The van der Waals surface area contributed by atoms with E-state index in [1.165, 1.54) is 24.4 Å². The first-order chi connectivity index (χ1) is 9.06. The van der Waals surface area contributed by atoms with E-state index in [1.807, 2.05) is 0 Å². The van der Waals surface area contributed by atoms with Gasteiger partial charge in [-0.25, -0.2) is 14.2 Å². The van der Waals surface area contributed by atoms with Crippen molar-refractivity contribution in [3.63, 3.8) is 0 Å². The van der Waals surface area contributed by atoms with Gasteiger partial charge in [-0.15, -0.1) is 0 Å². The van der Waals surface area contributed by atoms with Gasteiger partial charge in [-0.3, -0.25) is 0 Å². The van der Waals surface area contributed by atoms with Crippen LogP contribution in [0.2, 0.25) is 0 Å². The fraction of sp³-hybridized carbons (Fsp3) is 0.0769. The number of nitrogens with two attached hydrogens (primary N) is 1. The summed E-state index contributed by atoms with van der Waals surface area (Å²) in [6, 6.07) is 7.34. The van der Waals surface area contributed by atoms with Crippen LogP contribution in [0.1, 0.15) is 15.9 Å². The smallest absolute Gasteiger partial charge is 0.339 e. The molecule has 0 atom stereocenters. The Hall–Kier alpha value is -2.63. The quantitative estimate of drug-likeness (QED) is 0.784. The molecule has 2 aromatic rings. The maximum absolute atomic E-state index is 13.0. The third-order valence-corrected chi connectivity index (χ3v) is 2.49. The van der Waals surface area contributed by atoms with Gasteiger partial charge in [0.05, 0.1) is 11.9 Å². The number of benzene rings is 1. The Kier molecular flexibility index (Phi) is 3.61. The van der Waals surface area contributed by atoms with E-state index in [4.69, 9.17) is 10.8 Å². The largest absolute Gasteiger partial charge is 0.478 e. The molecule has 4 N–H and O–H groups in total. The van der Waals surface area contributed by atoms with Gasteiger partial charge in [0, 0.05) is 6.54 Å². The van der Waals surface area contributed by atoms with Crippen LogP contribution in [0, 0.1) is 5.82 Å². The first-order valence-electron chi connectivity index (χ1n) is 5.53. The molecule has 0 spiro atoms. The normalized spacial score (nSPS) is 10.2. The van der Waals surface area contributed by atoms with E-state index in [0.29, 0.717) is 5.56 Å². The number of anilines is 2. The predicted octanol–water partition coefficient (Wildman–Crippen LogP) is 2.11. The molecule has 0 saturated carbocycles. The highest BCUT2D eigenvalue weighted by molar-refractivity contribution is 5.94. The fourth-order valence-corrected chi connectivity index (χ4v) is 1.62. The molecule has 5 nitrogen and oxygen atoms in total. The Labute approximate surface area is 108 Å². The van der Waals surface area contributed by atoms with Crippen molar-refractivity contribution in [1.82, 2.24) is 4.98 Å². The summed E-state index contributed by atoms with van der Waals surface area (Å²) >= 11 is 0. The summed E-state index contributed by atoms with van der Waals surface area (Å²) in [5.41, 5.74) is 6.43. The summed E-state index contributed by atoms with van der Waals surface area (Å²) < 4.78 is 13.0. The van der Waals surface area contributed by atoms with E-state index in [0.717, 1.165) is 0 Å². The van der Waals surface area contributed by atoms with Crippen molar-refractivity contribution < 1.29 is 14.3 Å². The van der Waals surface area contributed by atoms with Gasteiger partial charge in [0.25, 0.3) is 0 Å². The minimum atomic E-state index is -1.12. The predicted molar refractivity (Wildman–Crippen MR) is 69.3 cm³/mol. The van der Waals surface area contributed by atoms with E-state index < -0.39 is 5.97 Å². The summed E-state index contributed by atoms with van der Waals surface area (Å²) in [6.45, 7) is 0.273. The lowest BCUT2D eigenvalue weighted by molar-refractivity contribution is 0.0697. The summed E-state index contributed by atoms with van der Waals surface area (Å²) in [5.74, 6) is -1.27. The molecule has 19 heavy (non-hydrogen) atoms. The van der Waals surface area contributed by atoms with Crippen molar-refractivity contribution in [2.45, 2.75) is 6.54 Å². The Bertz CT molecular complexity index is 617. The van der Waals surface area contributed by atoms with Crippen molar-refractivity contribution in [2.75, 3.05) is 11.1 Å². The number of aromatic nitrogens is 1. The van der Waals surface area contributed by atoms with Crippen LogP contribution < -0.4 is 11.1 Å². The molecule has 6 heteroatoms. The zero-order valence-electron chi connectivity index (χ0n) is 9.93. The van der Waals surface area contributed by atoms with Crippen LogP contribution in [0.25, 0.3) is 0 Å². The molecule has 0 radical (unpaired) electrons. The minimum Gasteiger partial charge on any atom is -0.478 e. The Balaban J connectivity index is 2.17. The maximum atomic E-state index is 13.0. The van der Waals surface area contributed by atoms with Crippen LogP contribution >= 0.6 is 0 Å². The van der Waals surface area contributed by atoms with Crippen LogP contribution in [0.15, 0.2) is 36.5 Å². The average Bonchev–Trinajstić information content (AvgIpc) is 2.37. The lowest BCUT2D eigenvalue weighted by atomic mass is 10.2. The van der Waals surface area contributed by atoms with Crippen molar-refractivity contribution in [2.24, 2.45) is 0 Å².